The van der Waals surface area contributed by atoms with Gasteiger partial charge in [0.1, 0.15) is 0 Å². The van der Waals surface area contributed by atoms with Gasteiger partial charge in [0.15, 0.2) is 0 Å². The van der Waals surface area contributed by atoms with E-state index in [1.807, 2.05) is 24.3 Å². The molecule has 1 fully saturated rings. The smallest absolute Gasteiger partial charge is 0.254 e. The van der Waals surface area contributed by atoms with Gasteiger partial charge in [0.2, 0.25) is 0 Å². The van der Waals surface area contributed by atoms with Crippen molar-refractivity contribution in [3.63, 3.8) is 0 Å². The second-order valence-electron chi connectivity index (χ2n) is 4.80. The molecular formula is C15H20N2O2. The van der Waals surface area contributed by atoms with Gasteiger partial charge in [-0.1, -0.05) is 12.1 Å². The number of nitrogens with zero attached hydrogens (tertiary/aromatic N) is 1. The lowest BCUT2D eigenvalue weighted by atomic mass is 10.1. The molecule has 1 amide bonds. The van der Waals surface area contributed by atoms with Crippen molar-refractivity contribution in [2.75, 3.05) is 25.0 Å². The third-order valence-electron chi connectivity index (χ3n) is 3.24. The molecule has 1 saturated heterocycles. The summed E-state index contributed by atoms with van der Waals surface area (Å²) in [5, 5.41) is 12.8. The molecule has 4 heteroatoms. The molecule has 1 heterocycles. The predicted molar refractivity (Wildman–Crippen MR) is 76.3 cm³/mol. The van der Waals surface area contributed by atoms with Crippen LogP contribution in [0.3, 0.4) is 0 Å². The number of β-amino-alcohol motifs (C(OH)–C–C–N with tert-alkyl or cyclic N) is 1. The average molecular weight is 260 g/mol. The van der Waals surface area contributed by atoms with Crippen molar-refractivity contribution < 1.29 is 9.90 Å². The van der Waals surface area contributed by atoms with Gasteiger partial charge in [0.25, 0.3) is 5.91 Å². The molecule has 1 unspecified atom stereocenters. The highest BCUT2D eigenvalue weighted by atomic mass is 16.3. The number of carbonyl (C=O) groups excluding carboxylic acids is 1. The lowest BCUT2D eigenvalue weighted by molar-refractivity contribution is 0.0474. The fraction of sp³-hybridized carbons (Fsp3) is 0.400. The van der Waals surface area contributed by atoms with Crippen LogP contribution in [0.5, 0.6) is 0 Å². The summed E-state index contributed by atoms with van der Waals surface area (Å²) in [5.41, 5.74) is 1.56. The maximum absolute atomic E-state index is 12.3. The highest BCUT2D eigenvalue weighted by molar-refractivity contribution is 5.95. The Morgan fingerprint density at radius 2 is 2.42 bits per heavy atom. The molecule has 1 aromatic carbocycles. The van der Waals surface area contributed by atoms with Crippen LogP contribution in [0.1, 0.15) is 23.2 Å². The maximum atomic E-state index is 12.3. The molecule has 1 aromatic rings. The van der Waals surface area contributed by atoms with E-state index >= 15 is 0 Å². The summed E-state index contributed by atoms with van der Waals surface area (Å²) in [4.78, 5) is 14.1. The van der Waals surface area contributed by atoms with Crippen LogP contribution in [0.2, 0.25) is 0 Å². The summed E-state index contributed by atoms with van der Waals surface area (Å²) in [6.07, 6.45) is 3.03. The molecule has 102 valence electrons. The van der Waals surface area contributed by atoms with Crippen LogP contribution >= 0.6 is 0 Å². The van der Waals surface area contributed by atoms with Crippen LogP contribution in [-0.2, 0) is 0 Å². The highest BCUT2D eigenvalue weighted by Crippen LogP contribution is 2.16. The fourth-order valence-corrected chi connectivity index (χ4v) is 2.27. The van der Waals surface area contributed by atoms with Crippen molar-refractivity contribution in [1.82, 2.24) is 4.90 Å². The zero-order valence-corrected chi connectivity index (χ0v) is 11.0. The normalized spacial score (nSPS) is 19.0. The molecule has 0 radical (unpaired) electrons. The molecule has 0 aliphatic carbocycles. The Morgan fingerprint density at radius 3 is 3.16 bits per heavy atom. The molecule has 1 aliphatic rings. The van der Waals surface area contributed by atoms with E-state index in [1.165, 1.54) is 0 Å². The van der Waals surface area contributed by atoms with E-state index in [2.05, 4.69) is 11.9 Å². The molecule has 1 aliphatic heterocycles. The lowest BCUT2D eigenvalue weighted by Gasteiger charge is -2.30. The van der Waals surface area contributed by atoms with Gasteiger partial charge in [-0.15, -0.1) is 6.58 Å². The summed E-state index contributed by atoms with van der Waals surface area (Å²) in [7, 11) is 0. The molecule has 2 rings (SSSR count). The van der Waals surface area contributed by atoms with Crippen molar-refractivity contribution in [3.05, 3.63) is 42.5 Å². The molecule has 4 nitrogen and oxygen atoms in total. The fourth-order valence-electron chi connectivity index (χ4n) is 2.27. The molecule has 0 saturated carbocycles. The monoisotopic (exact) mass is 260 g/mol. The van der Waals surface area contributed by atoms with Crippen LogP contribution in [0, 0.1) is 0 Å². The summed E-state index contributed by atoms with van der Waals surface area (Å²) in [6.45, 7) is 5.47. The van der Waals surface area contributed by atoms with Crippen molar-refractivity contribution in [3.8, 4) is 0 Å². The summed E-state index contributed by atoms with van der Waals surface area (Å²) < 4.78 is 0. The van der Waals surface area contributed by atoms with E-state index in [0.29, 0.717) is 18.7 Å². The first-order valence-corrected chi connectivity index (χ1v) is 6.63. The van der Waals surface area contributed by atoms with Gasteiger partial charge in [-0.2, -0.15) is 0 Å². The highest BCUT2D eigenvalue weighted by Gasteiger charge is 2.22. The number of hydrogen-bond acceptors (Lipinski definition) is 3. The van der Waals surface area contributed by atoms with Gasteiger partial charge in [0.05, 0.1) is 6.10 Å². The molecule has 2 N–H and O–H groups in total. The Labute approximate surface area is 113 Å². The number of likely N-dealkylation sites (tertiary alicyclic amines) is 1. The van der Waals surface area contributed by atoms with Gasteiger partial charge in [0, 0.05) is 30.9 Å². The predicted octanol–water partition coefficient (Wildman–Crippen LogP) is 1.88. The second kappa shape index (κ2) is 6.38. The quantitative estimate of drug-likeness (QED) is 0.813. The number of aliphatic hydroxyl groups is 1. The Morgan fingerprint density at radius 1 is 1.58 bits per heavy atom. The Kier molecular flexibility index (Phi) is 4.58. The van der Waals surface area contributed by atoms with Crippen LogP contribution in [0.4, 0.5) is 5.69 Å². The van der Waals surface area contributed by atoms with Gasteiger partial charge < -0.3 is 15.3 Å². The summed E-state index contributed by atoms with van der Waals surface area (Å²) in [6, 6.07) is 7.43. The first-order valence-electron chi connectivity index (χ1n) is 6.63. The molecule has 19 heavy (non-hydrogen) atoms. The van der Waals surface area contributed by atoms with Crippen molar-refractivity contribution >= 4 is 11.6 Å². The molecule has 0 bridgehead atoms. The van der Waals surface area contributed by atoms with E-state index in [-0.39, 0.29) is 12.0 Å². The third-order valence-corrected chi connectivity index (χ3v) is 3.24. The lowest BCUT2D eigenvalue weighted by Crippen LogP contribution is -2.42. The van der Waals surface area contributed by atoms with E-state index < -0.39 is 0 Å². The summed E-state index contributed by atoms with van der Waals surface area (Å²) >= 11 is 0. The van der Waals surface area contributed by atoms with E-state index in [0.717, 1.165) is 25.1 Å². The van der Waals surface area contributed by atoms with Gasteiger partial charge >= 0.3 is 0 Å². The van der Waals surface area contributed by atoms with Gasteiger partial charge in [-0.05, 0) is 31.0 Å². The van der Waals surface area contributed by atoms with Gasteiger partial charge in [-0.3, -0.25) is 4.79 Å². The van der Waals surface area contributed by atoms with Crippen molar-refractivity contribution in [1.29, 1.82) is 0 Å². The van der Waals surface area contributed by atoms with E-state index in [9.17, 15) is 9.90 Å². The Hall–Kier alpha value is -1.81. The molecule has 1 atom stereocenters. The molecule has 0 spiro atoms. The van der Waals surface area contributed by atoms with Crippen LogP contribution in [-0.4, -0.2) is 41.7 Å². The molecule has 0 aromatic heterocycles. The van der Waals surface area contributed by atoms with Crippen molar-refractivity contribution in [2.24, 2.45) is 0 Å². The number of carbonyl (C=O) groups is 1. The standard InChI is InChI=1S/C15H20N2O2/c1-2-8-16-13-6-3-5-12(10-13)15(19)17-9-4-7-14(18)11-17/h2-3,5-6,10,14,16,18H,1,4,7-9,11H2. The maximum Gasteiger partial charge on any atom is 0.254 e. The van der Waals surface area contributed by atoms with E-state index in [4.69, 9.17) is 0 Å². The number of nitrogens with one attached hydrogen (secondary N) is 1. The number of benzene rings is 1. The van der Waals surface area contributed by atoms with Gasteiger partial charge in [-0.25, -0.2) is 0 Å². The number of aliphatic hydroxyl groups excluding tert-OH is 1. The largest absolute Gasteiger partial charge is 0.391 e. The third kappa shape index (κ3) is 3.58. The Balaban J connectivity index is 2.07. The topological polar surface area (TPSA) is 52.6 Å². The zero-order chi connectivity index (χ0) is 13.7. The first kappa shape index (κ1) is 13.6. The van der Waals surface area contributed by atoms with Crippen molar-refractivity contribution in [2.45, 2.75) is 18.9 Å². The van der Waals surface area contributed by atoms with Crippen LogP contribution in [0.25, 0.3) is 0 Å². The van der Waals surface area contributed by atoms with E-state index in [1.54, 1.807) is 11.0 Å². The SMILES string of the molecule is C=CCNc1cccc(C(=O)N2CCCC(O)C2)c1. The number of rotatable bonds is 4. The minimum absolute atomic E-state index is 0.0130. The average Bonchev–Trinajstić information content (AvgIpc) is 2.44. The summed E-state index contributed by atoms with van der Waals surface area (Å²) in [5.74, 6) is -0.0130. The number of anilines is 1. The first-order chi connectivity index (χ1) is 9.20. The number of hydrogen-bond donors (Lipinski definition) is 2. The minimum atomic E-state index is -0.389. The molecular weight excluding hydrogens is 240 g/mol. The minimum Gasteiger partial charge on any atom is -0.391 e. The van der Waals surface area contributed by atoms with Crippen LogP contribution in [0.15, 0.2) is 36.9 Å². The number of amides is 1. The number of piperidine rings is 1. The zero-order valence-electron chi connectivity index (χ0n) is 11.0. The second-order valence-corrected chi connectivity index (χ2v) is 4.80. The van der Waals surface area contributed by atoms with Crippen LogP contribution < -0.4 is 5.32 Å². The Bertz CT molecular complexity index is 459.